The molecule has 2 rings (SSSR count). The van der Waals surface area contributed by atoms with E-state index in [1.807, 2.05) is 55.5 Å². The van der Waals surface area contributed by atoms with Crippen molar-refractivity contribution in [3.05, 3.63) is 64.1 Å². The molecular formula is C20H24BrN3O2. The molecule has 0 spiro atoms. The van der Waals surface area contributed by atoms with Crippen molar-refractivity contribution in [1.82, 2.24) is 10.2 Å². The van der Waals surface area contributed by atoms with Gasteiger partial charge in [0.25, 0.3) is 0 Å². The number of aryl methyl sites for hydroxylation is 1. The van der Waals surface area contributed by atoms with Gasteiger partial charge in [-0.2, -0.15) is 0 Å². The minimum Gasteiger partial charge on any atom is -0.351 e. The molecule has 0 aliphatic rings. The first kappa shape index (κ1) is 20.1. The molecule has 2 aromatic rings. The van der Waals surface area contributed by atoms with Gasteiger partial charge in [0.05, 0.1) is 18.3 Å². The van der Waals surface area contributed by atoms with E-state index in [0.717, 1.165) is 10.0 Å². The van der Waals surface area contributed by atoms with E-state index in [1.165, 1.54) is 5.56 Å². The second-order valence-electron chi connectivity index (χ2n) is 6.32. The zero-order chi connectivity index (χ0) is 19.1. The Morgan fingerprint density at radius 2 is 1.77 bits per heavy atom. The molecule has 2 N–H and O–H groups in total. The van der Waals surface area contributed by atoms with Gasteiger partial charge in [-0.3, -0.25) is 14.5 Å². The van der Waals surface area contributed by atoms with Crippen LogP contribution in [0.1, 0.15) is 18.1 Å². The average molecular weight is 418 g/mol. The number of benzene rings is 2. The van der Waals surface area contributed by atoms with Crippen LogP contribution in [0.2, 0.25) is 0 Å². The molecular weight excluding hydrogens is 394 g/mol. The molecule has 6 heteroatoms. The summed E-state index contributed by atoms with van der Waals surface area (Å²) in [5.74, 6) is -0.278. The van der Waals surface area contributed by atoms with Crippen molar-refractivity contribution in [3.8, 4) is 0 Å². The number of anilines is 1. The molecule has 1 atom stereocenters. The molecule has 138 valence electrons. The van der Waals surface area contributed by atoms with Crippen LogP contribution in [0, 0.1) is 6.92 Å². The lowest BCUT2D eigenvalue weighted by atomic mass is 10.1. The van der Waals surface area contributed by atoms with E-state index in [-0.39, 0.29) is 18.4 Å². The van der Waals surface area contributed by atoms with E-state index in [4.69, 9.17) is 0 Å². The third kappa shape index (κ3) is 5.97. The zero-order valence-electron chi connectivity index (χ0n) is 15.3. The lowest BCUT2D eigenvalue weighted by Gasteiger charge is -2.23. The van der Waals surface area contributed by atoms with Crippen molar-refractivity contribution in [1.29, 1.82) is 0 Å². The van der Waals surface area contributed by atoms with Gasteiger partial charge in [0.1, 0.15) is 0 Å². The summed E-state index contributed by atoms with van der Waals surface area (Å²) in [4.78, 5) is 26.3. The highest BCUT2D eigenvalue weighted by atomic mass is 79.9. The summed E-state index contributed by atoms with van der Waals surface area (Å²) in [5.41, 5.74) is 2.94. The van der Waals surface area contributed by atoms with E-state index in [2.05, 4.69) is 26.6 Å². The molecule has 0 saturated heterocycles. The molecule has 1 unspecified atom stereocenters. The van der Waals surface area contributed by atoms with Gasteiger partial charge < -0.3 is 10.6 Å². The summed E-state index contributed by atoms with van der Waals surface area (Å²) < 4.78 is 0.819. The smallest absolute Gasteiger partial charge is 0.238 e. The first-order valence-corrected chi connectivity index (χ1v) is 9.24. The average Bonchev–Trinajstić information content (AvgIpc) is 2.62. The molecule has 26 heavy (non-hydrogen) atoms. The third-order valence-corrected chi connectivity index (χ3v) is 4.86. The first-order chi connectivity index (χ1) is 12.4. The quantitative estimate of drug-likeness (QED) is 0.725. The highest BCUT2D eigenvalue weighted by Crippen LogP contribution is 2.21. The number of carbonyl (C=O) groups is 2. The molecule has 0 heterocycles. The molecule has 2 amide bonds. The molecule has 0 fully saturated rings. The van der Waals surface area contributed by atoms with E-state index >= 15 is 0 Å². The molecule has 0 aromatic heterocycles. The summed E-state index contributed by atoms with van der Waals surface area (Å²) in [6, 6.07) is 15.0. The summed E-state index contributed by atoms with van der Waals surface area (Å²) in [6.07, 6.45) is 0. The monoisotopic (exact) mass is 417 g/mol. The number of hydrogen-bond donors (Lipinski definition) is 2. The zero-order valence-corrected chi connectivity index (χ0v) is 16.8. The fraction of sp³-hybridized carbons (Fsp3) is 0.300. The van der Waals surface area contributed by atoms with Crippen LogP contribution >= 0.6 is 15.9 Å². The Balaban J connectivity index is 1.82. The Labute approximate surface area is 162 Å². The Morgan fingerprint density at radius 3 is 2.42 bits per heavy atom. The number of halogens is 1. The molecule has 0 aliphatic carbocycles. The standard InChI is InChI=1S/C20H24BrN3O2/c1-14-8-10-16(11-9-14)12-22-20(26)15(2)24(3)13-19(25)23-18-7-5-4-6-17(18)21/h4-11,15H,12-13H2,1-3H3,(H,22,26)(H,23,25). The number of nitrogens with one attached hydrogen (secondary N) is 2. The SMILES string of the molecule is Cc1ccc(CNC(=O)C(C)N(C)CC(=O)Nc2ccccc2Br)cc1. The maximum Gasteiger partial charge on any atom is 0.238 e. The van der Waals surface area contributed by atoms with Gasteiger partial charge in [0.15, 0.2) is 0 Å². The minimum absolute atomic E-state index is 0.109. The number of rotatable bonds is 7. The van der Waals surface area contributed by atoms with Crippen molar-refractivity contribution < 1.29 is 9.59 Å². The highest BCUT2D eigenvalue weighted by Gasteiger charge is 2.20. The maximum atomic E-state index is 12.3. The maximum absolute atomic E-state index is 12.3. The second-order valence-corrected chi connectivity index (χ2v) is 7.18. The van der Waals surface area contributed by atoms with Crippen LogP contribution in [0.3, 0.4) is 0 Å². The lowest BCUT2D eigenvalue weighted by molar-refractivity contribution is -0.126. The number of likely N-dealkylation sites (N-methyl/N-ethyl adjacent to an activating group) is 1. The molecule has 5 nitrogen and oxygen atoms in total. The number of hydrogen-bond acceptors (Lipinski definition) is 3. The highest BCUT2D eigenvalue weighted by molar-refractivity contribution is 9.10. The predicted octanol–water partition coefficient (Wildman–Crippen LogP) is 3.33. The van der Waals surface area contributed by atoms with Gasteiger partial charge >= 0.3 is 0 Å². The number of carbonyl (C=O) groups excluding carboxylic acids is 2. The largest absolute Gasteiger partial charge is 0.351 e. The Morgan fingerprint density at radius 1 is 1.12 bits per heavy atom. The molecule has 0 aliphatic heterocycles. The van der Waals surface area contributed by atoms with Crippen molar-refractivity contribution in [2.45, 2.75) is 26.4 Å². The predicted molar refractivity (Wildman–Crippen MR) is 108 cm³/mol. The van der Waals surface area contributed by atoms with Gasteiger partial charge in [-0.25, -0.2) is 0 Å². The topological polar surface area (TPSA) is 61.4 Å². The van der Waals surface area contributed by atoms with Crippen LogP contribution in [0.15, 0.2) is 53.0 Å². The number of amides is 2. The van der Waals surface area contributed by atoms with Crippen molar-refractivity contribution in [2.24, 2.45) is 0 Å². The van der Waals surface area contributed by atoms with E-state index in [9.17, 15) is 9.59 Å². The molecule has 0 bridgehead atoms. The van der Waals surface area contributed by atoms with Crippen molar-refractivity contribution in [3.63, 3.8) is 0 Å². The first-order valence-electron chi connectivity index (χ1n) is 8.44. The van der Waals surface area contributed by atoms with Gasteiger partial charge in [-0.05, 0) is 54.5 Å². The molecule has 2 aromatic carbocycles. The Hall–Kier alpha value is -2.18. The third-order valence-electron chi connectivity index (χ3n) is 4.17. The number of para-hydroxylation sites is 1. The van der Waals surface area contributed by atoms with Crippen LogP contribution in [0.25, 0.3) is 0 Å². The van der Waals surface area contributed by atoms with E-state index < -0.39 is 6.04 Å². The van der Waals surface area contributed by atoms with Crippen LogP contribution in [-0.2, 0) is 16.1 Å². The minimum atomic E-state index is -0.412. The van der Waals surface area contributed by atoms with Gasteiger partial charge in [0, 0.05) is 11.0 Å². The summed E-state index contributed by atoms with van der Waals surface area (Å²) in [7, 11) is 1.76. The summed E-state index contributed by atoms with van der Waals surface area (Å²) in [5, 5.41) is 5.75. The van der Waals surface area contributed by atoms with Gasteiger partial charge in [-0.1, -0.05) is 42.0 Å². The van der Waals surface area contributed by atoms with Gasteiger partial charge in [-0.15, -0.1) is 0 Å². The number of nitrogens with zero attached hydrogens (tertiary/aromatic N) is 1. The normalized spacial score (nSPS) is 11.9. The van der Waals surface area contributed by atoms with Crippen LogP contribution in [-0.4, -0.2) is 36.3 Å². The summed E-state index contributed by atoms with van der Waals surface area (Å²) >= 11 is 3.40. The molecule has 0 radical (unpaired) electrons. The van der Waals surface area contributed by atoms with Crippen LogP contribution in [0.4, 0.5) is 5.69 Å². The lowest BCUT2D eigenvalue weighted by Crippen LogP contribution is -2.45. The van der Waals surface area contributed by atoms with Crippen LogP contribution in [0.5, 0.6) is 0 Å². The van der Waals surface area contributed by atoms with E-state index in [0.29, 0.717) is 12.2 Å². The van der Waals surface area contributed by atoms with Crippen molar-refractivity contribution in [2.75, 3.05) is 18.9 Å². The van der Waals surface area contributed by atoms with Crippen molar-refractivity contribution >= 4 is 33.4 Å². The summed E-state index contributed by atoms with van der Waals surface area (Å²) in [6.45, 7) is 4.41. The second kappa shape index (κ2) is 9.50. The fourth-order valence-corrected chi connectivity index (χ4v) is 2.74. The van der Waals surface area contributed by atoms with Gasteiger partial charge in [0.2, 0.25) is 11.8 Å². The Bertz CT molecular complexity index is 762. The van der Waals surface area contributed by atoms with E-state index in [1.54, 1.807) is 18.9 Å². The molecule has 0 saturated carbocycles. The van der Waals surface area contributed by atoms with Crippen LogP contribution < -0.4 is 10.6 Å². The fourth-order valence-electron chi connectivity index (χ4n) is 2.36. The Kier molecular flexibility index (Phi) is 7.36.